The van der Waals surface area contributed by atoms with Gasteiger partial charge in [0.15, 0.2) is 5.78 Å². The SMILES string of the molecule is CCC(=O)[C@H](C)[C@@H](OC)[C@@H]1CCCN1C(=O)C[C@@H](OC)[C@H]([C@@H](C)CC)N(C)C(=O)[C@@H](CC(=O)[C@@H](NC)C(C)C)C(C)C. The standard InChI is InChI=1S/C33H61N3O6/c1-13-22(7)31(35(10)33(40)24(20(3)4)18-27(38)30(34-9)21(5)6)28(41-11)19-29(39)36-17-15-16-25(36)32(42-12)23(8)26(37)14-2/h20-25,28,30-32,34H,13-19H2,1-12H3/t22-,23-,24-,25-,28+,30-,31-,32+/m0/s1. The van der Waals surface area contributed by atoms with Crippen LogP contribution in [0.15, 0.2) is 0 Å². The third kappa shape index (κ3) is 9.58. The molecule has 1 fully saturated rings. The molecular formula is C33H61N3O6. The van der Waals surface area contributed by atoms with Gasteiger partial charge in [-0.25, -0.2) is 0 Å². The Morgan fingerprint density at radius 1 is 0.929 bits per heavy atom. The van der Waals surface area contributed by atoms with Crippen molar-refractivity contribution < 1.29 is 28.7 Å². The van der Waals surface area contributed by atoms with Crippen LogP contribution in [0.2, 0.25) is 0 Å². The van der Waals surface area contributed by atoms with E-state index in [1.165, 1.54) is 0 Å². The van der Waals surface area contributed by atoms with Gasteiger partial charge in [0.2, 0.25) is 11.8 Å². The van der Waals surface area contributed by atoms with Crippen molar-refractivity contribution in [1.29, 1.82) is 0 Å². The lowest BCUT2D eigenvalue weighted by molar-refractivity contribution is -0.149. The molecule has 9 nitrogen and oxygen atoms in total. The van der Waals surface area contributed by atoms with Gasteiger partial charge in [-0.1, -0.05) is 61.8 Å². The topological polar surface area (TPSA) is 105 Å². The summed E-state index contributed by atoms with van der Waals surface area (Å²) in [6, 6.07) is -0.832. The number of likely N-dealkylation sites (N-methyl/N-ethyl adjacent to an activating group) is 2. The van der Waals surface area contributed by atoms with Crippen molar-refractivity contribution in [3.8, 4) is 0 Å². The first-order chi connectivity index (χ1) is 19.7. The molecule has 9 heteroatoms. The van der Waals surface area contributed by atoms with Crippen LogP contribution in [0.5, 0.6) is 0 Å². The zero-order chi connectivity index (χ0) is 32.3. The molecule has 0 aliphatic carbocycles. The quantitative estimate of drug-likeness (QED) is 0.237. The molecule has 1 rings (SSSR count). The maximum absolute atomic E-state index is 14.0. The summed E-state index contributed by atoms with van der Waals surface area (Å²) < 4.78 is 11.8. The molecule has 0 aromatic heterocycles. The highest BCUT2D eigenvalue weighted by atomic mass is 16.5. The van der Waals surface area contributed by atoms with Crippen LogP contribution in [0.25, 0.3) is 0 Å². The molecule has 1 aliphatic rings. The molecule has 244 valence electrons. The van der Waals surface area contributed by atoms with E-state index in [0.717, 1.165) is 19.3 Å². The van der Waals surface area contributed by atoms with E-state index in [0.29, 0.717) is 13.0 Å². The second kappa shape index (κ2) is 18.1. The van der Waals surface area contributed by atoms with E-state index in [9.17, 15) is 19.2 Å². The van der Waals surface area contributed by atoms with Gasteiger partial charge in [-0.05, 0) is 37.6 Å². The Morgan fingerprint density at radius 3 is 2.00 bits per heavy atom. The fraction of sp³-hybridized carbons (Fsp3) is 0.879. The maximum Gasteiger partial charge on any atom is 0.226 e. The van der Waals surface area contributed by atoms with Gasteiger partial charge in [0.05, 0.1) is 36.8 Å². The molecular weight excluding hydrogens is 534 g/mol. The van der Waals surface area contributed by atoms with Crippen molar-refractivity contribution in [1.82, 2.24) is 15.1 Å². The van der Waals surface area contributed by atoms with E-state index in [2.05, 4.69) is 19.2 Å². The molecule has 42 heavy (non-hydrogen) atoms. The van der Waals surface area contributed by atoms with Crippen molar-refractivity contribution >= 4 is 23.4 Å². The van der Waals surface area contributed by atoms with Crippen molar-refractivity contribution in [2.75, 3.05) is 34.9 Å². The number of ketones is 2. The molecule has 2 amide bonds. The minimum Gasteiger partial charge on any atom is -0.379 e. The molecule has 0 unspecified atom stereocenters. The molecule has 1 N–H and O–H groups in total. The van der Waals surface area contributed by atoms with Crippen molar-refractivity contribution in [3.63, 3.8) is 0 Å². The summed E-state index contributed by atoms with van der Waals surface area (Å²) in [5.74, 6) is -0.613. The molecule has 0 aromatic carbocycles. The normalized spacial score (nSPS) is 20.6. The number of Topliss-reactive ketones (excluding diaryl/α,β-unsaturated/α-hetero) is 2. The highest BCUT2D eigenvalue weighted by molar-refractivity contribution is 5.90. The molecule has 0 bridgehead atoms. The second-order valence-corrected chi connectivity index (χ2v) is 12.9. The number of carbonyl (C=O) groups is 4. The summed E-state index contributed by atoms with van der Waals surface area (Å²) >= 11 is 0. The van der Waals surface area contributed by atoms with E-state index >= 15 is 0 Å². The molecule has 0 saturated carbocycles. The Kier molecular flexibility index (Phi) is 16.4. The van der Waals surface area contributed by atoms with Crippen LogP contribution in [-0.2, 0) is 28.7 Å². The molecule has 1 saturated heterocycles. The Balaban J connectivity index is 3.24. The fourth-order valence-electron chi connectivity index (χ4n) is 6.74. The number of methoxy groups -OCH3 is 2. The number of hydrogen-bond donors (Lipinski definition) is 1. The predicted octanol–water partition coefficient (Wildman–Crippen LogP) is 4.36. The third-order valence-corrected chi connectivity index (χ3v) is 9.57. The largest absolute Gasteiger partial charge is 0.379 e. The van der Waals surface area contributed by atoms with Crippen LogP contribution in [0.4, 0.5) is 0 Å². The summed E-state index contributed by atoms with van der Waals surface area (Å²) in [6.07, 6.45) is 2.25. The molecule has 0 spiro atoms. The van der Waals surface area contributed by atoms with Crippen LogP contribution >= 0.6 is 0 Å². The Morgan fingerprint density at radius 2 is 1.55 bits per heavy atom. The van der Waals surface area contributed by atoms with Gasteiger partial charge >= 0.3 is 0 Å². The minimum atomic E-state index is -0.525. The predicted molar refractivity (Wildman–Crippen MR) is 167 cm³/mol. The lowest BCUT2D eigenvalue weighted by atomic mass is 9.84. The first kappa shape index (κ1) is 38.2. The highest BCUT2D eigenvalue weighted by Gasteiger charge is 2.42. The number of amides is 2. The van der Waals surface area contributed by atoms with Gasteiger partial charge in [-0.2, -0.15) is 0 Å². The van der Waals surface area contributed by atoms with Gasteiger partial charge in [-0.15, -0.1) is 0 Å². The van der Waals surface area contributed by atoms with Crippen LogP contribution in [-0.4, -0.2) is 98.4 Å². The lowest BCUT2D eigenvalue weighted by Crippen LogP contribution is -2.54. The molecule has 0 radical (unpaired) electrons. The number of nitrogens with zero attached hydrogens (tertiary/aromatic N) is 2. The summed E-state index contributed by atoms with van der Waals surface area (Å²) in [4.78, 5) is 57.1. The van der Waals surface area contributed by atoms with E-state index in [1.54, 1.807) is 33.2 Å². The molecule has 1 heterocycles. The zero-order valence-corrected chi connectivity index (χ0v) is 28.6. The number of hydrogen-bond acceptors (Lipinski definition) is 7. The van der Waals surface area contributed by atoms with Gasteiger partial charge in [0.1, 0.15) is 5.78 Å². The average Bonchev–Trinajstić information content (AvgIpc) is 3.44. The van der Waals surface area contributed by atoms with Crippen LogP contribution in [0.3, 0.4) is 0 Å². The Hall–Kier alpha value is -1.84. The maximum atomic E-state index is 14.0. The second-order valence-electron chi connectivity index (χ2n) is 12.9. The van der Waals surface area contributed by atoms with E-state index in [4.69, 9.17) is 9.47 Å². The summed E-state index contributed by atoms with van der Waals surface area (Å²) in [5, 5.41) is 3.11. The van der Waals surface area contributed by atoms with Crippen molar-refractivity contribution in [2.45, 2.75) is 124 Å². The molecule has 0 aromatic rings. The fourth-order valence-corrected chi connectivity index (χ4v) is 6.74. The molecule has 8 atom stereocenters. The first-order valence-electron chi connectivity index (χ1n) is 16.1. The smallest absolute Gasteiger partial charge is 0.226 e. The minimum absolute atomic E-state index is 0.0297. The number of nitrogens with one attached hydrogen (secondary N) is 1. The van der Waals surface area contributed by atoms with Gasteiger partial charge < -0.3 is 24.6 Å². The van der Waals surface area contributed by atoms with Crippen molar-refractivity contribution in [3.05, 3.63) is 0 Å². The highest BCUT2D eigenvalue weighted by Crippen LogP contribution is 2.31. The monoisotopic (exact) mass is 595 g/mol. The third-order valence-electron chi connectivity index (χ3n) is 9.57. The summed E-state index contributed by atoms with van der Waals surface area (Å²) in [5.41, 5.74) is 0. The summed E-state index contributed by atoms with van der Waals surface area (Å²) in [6.45, 7) is 16.4. The average molecular weight is 596 g/mol. The number of carbonyl (C=O) groups excluding carboxylic acids is 4. The Labute approximate surface area is 255 Å². The van der Waals surface area contributed by atoms with E-state index in [-0.39, 0.29) is 84.1 Å². The number of likely N-dealkylation sites (tertiary alicyclic amines) is 1. The van der Waals surface area contributed by atoms with Gasteiger partial charge in [0.25, 0.3) is 0 Å². The lowest BCUT2D eigenvalue weighted by Gasteiger charge is -2.41. The number of ether oxygens (including phenoxy) is 2. The van der Waals surface area contributed by atoms with Gasteiger partial charge in [0, 0.05) is 52.5 Å². The van der Waals surface area contributed by atoms with Gasteiger partial charge in [-0.3, -0.25) is 19.2 Å². The number of rotatable bonds is 19. The van der Waals surface area contributed by atoms with Crippen LogP contribution in [0, 0.1) is 29.6 Å². The van der Waals surface area contributed by atoms with Crippen LogP contribution in [0.1, 0.15) is 93.9 Å². The van der Waals surface area contributed by atoms with E-state index < -0.39 is 12.0 Å². The van der Waals surface area contributed by atoms with Crippen LogP contribution < -0.4 is 5.32 Å². The molecule has 1 aliphatic heterocycles. The summed E-state index contributed by atoms with van der Waals surface area (Å²) in [7, 11) is 6.77. The van der Waals surface area contributed by atoms with Crippen molar-refractivity contribution in [2.24, 2.45) is 29.6 Å². The zero-order valence-electron chi connectivity index (χ0n) is 28.6. The Bertz CT molecular complexity index is 878. The van der Waals surface area contributed by atoms with E-state index in [1.807, 2.05) is 46.4 Å². The first-order valence-corrected chi connectivity index (χ1v) is 16.1.